The summed E-state index contributed by atoms with van der Waals surface area (Å²) in [6, 6.07) is 7.22. The number of hydrogen-bond donors (Lipinski definition) is 0. The SMILES string of the molecule is Cc1ccccc1/C=C/S(=O)(=O)[O-].[K+]. The smallest absolute Gasteiger partial charge is 0.744 e. The van der Waals surface area contributed by atoms with Crippen LogP contribution in [-0.2, 0) is 10.1 Å². The molecule has 3 nitrogen and oxygen atoms in total. The molecule has 0 atom stereocenters. The van der Waals surface area contributed by atoms with Gasteiger partial charge in [-0.25, -0.2) is 8.42 Å². The molecule has 5 heteroatoms. The van der Waals surface area contributed by atoms with Crippen molar-refractivity contribution in [3.8, 4) is 0 Å². The molecule has 0 bridgehead atoms. The summed E-state index contributed by atoms with van der Waals surface area (Å²) in [5.74, 6) is 0. The van der Waals surface area contributed by atoms with E-state index in [9.17, 15) is 13.0 Å². The molecule has 1 rings (SSSR count). The molecule has 1 aromatic carbocycles. The molecule has 0 radical (unpaired) electrons. The Morgan fingerprint density at radius 2 is 1.86 bits per heavy atom. The Labute approximate surface area is 126 Å². The third-order valence-electron chi connectivity index (χ3n) is 1.60. The van der Waals surface area contributed by atoms with Crippen molar-refractivity contribution in [1.82, 2.24) is 0 Å². The zero-order valence-electron chi connectivity index (χ0n) is 8.10. The van der Waals surface area contributed by atoms with E-state index in [2.05, 4.69) is 0 Å². The van der Waals surface area contributed by atoms with Gasteiger partial charge in [-0.05, 0) is 24.1 Å². The number of aryl methyl sites for hydroxylation is 1. The van der Waals surface area contributed by atoms with Gasteiger partial charge in [0.2, 0.25) is 0 Å². The van der Waals surface area contributed by atoms with Crippen LogP contribution in [0.5, 0.6) is 0 Å². The van der Waals surface area contributed by atoms with Crippen molar-refractivity contribution in [2.45, 2.75) is 6.92 Å². The first kappa shape index (κ1) is 14.5. The van der Waals surface area contributed by atoms with Crippen LogP contribution in [0.25, 0.3) is 6.08 Å². The summed E-state index contributed by atoms with van der Waals surface area (Å²) in [5.41, 5.74) is 1.67. The fourth-order valence-electron chi connectivity index (χ4n) is 0.930. The van der Waals surface area contributed by atoms with E-state index < -0.39 is 10.1 Å². The number of hydrogen-bond acceptors (Lipinski definition) is 3. The van der Waals surface area contributed by atoms with Crippen molar-refractivity contribution in [3.05, 3.63) is 40.8 Å². The molecule has 0 saturated heterocycles. The molecular formula is C9H9KO3S. The zero-order chi connectivity index (χ0) is 9.90. The van der Waals surface area contributed by atoms with Crippen LogP contribution in [0.4, 0.5) is 0 Å². The maximum absolute atomic E-state index is 10.3. The molecule has 0 unspecified atom stereocenters. The Morgan fingerprint density at radius 1 is 1.29 bits per heavy atom. The van der Waals surface area contributed by atoms with Crippen molar-refractivity contribution in [2.75, 3.05) is 0 Å². The van der Waals surface area contributed by atoms with Gasteiger partial charge in [-0.1, -0.05) is 24.3 Å². The van der Waals surface area contributed by atoms with Gasteiger partial charge in [-0.3, -0.25) is 0 Å². The molecule has 14 heavy (non-hydrogen) atoms. The van der Waals surface area contributed by atoms with E-state index in [1.807, 2.05) is 19.1 Å². The molecule has 1 aromatic rings. The van der Waals surface area contributed by atoms with Crippen molar-refractivity contribution >= 4 is 16.2 Å². The maximum Gasteiger partial charge on any atom is 1.00 e. The topological polar surface area (TPSA) is 57.2 Å². The summed E-state index contributed by atoms with van der Waals surface area (Å²) in [6.07, 6.45) is 1.30. The van der Waals surface area contributed by atoms with E-state index in [0.29, 0.717) is 5.41 Å². The predicted molar refractivity (Wildman–Crippen MR) is 49.9 cm³/mol. The Kier molecular flexibility index (Phi) is 6.39. The maximum atomic E-state index is 10.3. The Balaban J connectivity index is 0.00000169. The molecule has 0 spiro atoms. The molecule has 0 N–H and O–H groups in total. The van der Waals surface area contributed by atoms with Gasteiger partial charge in [0.25, 0.3) is 0 Å². The van der Waals surface area contributed by atoms with Crippen molar-refractivity contribution in [3.63, 3.8) is 0 Å². The molecule has 0 fully saturated rings. The van der Waals surface area contributed by atoms with Gasteiger partial charge in [0.1, 0.15) is 10.1 Å². The van der Waals surface area contributed by atoms with Crippen LogP contribution in [0, 0.1) is 6.92 Å². The monoisotopic (exact) mass is 236 g/mol. The Bertz CT molecular complexity index is 423. The summed E-state index contributed by atoms with van der Waals surface area (Å²) in [7, 11) is -4.27. The van der Waals surface area contributed by atoms with E-state index in [-0.39, 0.29) is 51.4 Å². The largest absolute Gasteiger partial charge is 1.00 e. The van der Waals surface area contributed by atoms with E-state index in [0.717, 1.165) is 11.1 Å². The normalized spacial score (nSPS) is 11.3. The second-order valence-corrected chi connectivity index (χ2v) is 3.91. The Morgan fingerprint density at radius 3 is 2.36 bits per heavy atom. The first-order chi connectivity index (χ1) is 5.99. The first-order valence-electron chi connectivity index (χ1n) is 3.69. The van der Waals surface area contributed by atoms with Crippen molar-refractivity contribution < 1.29 is 64.4 Å². The average molecular weight is 236 g/mol. The predicted octanol–water partition coefficient (Wildman–Crippen LogP) is -1.49. The van der Waals surface area contributed by atoms with Crippen LogP contribution in [0.1, 0.15) is 11.1 Å². The van der Waals surface area contributed by atoms with E-state index in [1.165, 1.54) is 6.08 Å². The molecule has 0 saturated carbocycles. The van der Waals surface area contributed by atoms with E-state index in [4.69, 9.17) is 0 Å². The van der Waals surface area contributed by atoms with Crippen LogP contribution in [0.3, 0.4) is 0 Å². The average Bonchev–Trinajstić information content (AvgIpc) is 2.01. The molecular weight excluding hydrogens is 227 g/mol. The van der Waals surface area contributed by atoms with Gasteiger partial charge in [0, 0.05) is 5.41 Å². The first-order valence-corrected chi connectivity index (χ1v) is 5.16. The molecule has 0 aliphatic rings. The number of rotatable bonds is 2. The van der Waals surface area contributed by atoms with Gasteiger partial charge in [-0.2, -0.15) is 0 Å². The summed E-state index contributed by atoms with van der Waals surface area (Å²) >= 11 is 0. The zero-order valence-corrected chi connectivity index (χ0v) is 12.0. The third-order valence-corrected chi connectivity index (χ3v) is 2.07. The molecule has 0 aliphatic carbocycles. The molecule has 0 amide bonds. The van der Waals surface area contributed by atoms with Crippen LogP contribution in [0.2, 0.25) is 0 Å². The second-order valence-electron chi connectivity index (χ2n) is 2.65. The van der Waals surface area contributed by atoms with Gasteiger partial charge in [0.15, 0.2) is 0 Å². The molecule has 70 valence electrons. The molecule has 0 heterocycles. The minimum absolute atomic E-state index is 0. The van der Waals surface area contributed by atoms with Crippen molar-refractivity contribution in [1.29, 1.82) is 0 Å². The molecule has 0 aliphatic heterocycles. The number of benzene rings is 1. The summed E-state index contributed by atoms with van der Waals surface area (Å²) in [5, 5.41) is 0.662. The van der Waals surface area contributed by atoms with Crippen LogP contribution >= 0.6 is 0 Å². The van der Waals surface area contributed by atoms with Gasteiger partial charge in [0.05, 0.1) is 0 Å². The van der Waals surface area contributed by atoms with E-state index >= 15 is 0 Å². The van der Waals surface area contributed by atoms with Gasteiger partial charge < -0.3 is 4.55 Å². The second kappa shape index (κ2) is 6.17. The summed E-state index contributed by atoms with van der Waals surface area (Å²) in [6.45, 7) is 1.84. The van der Waals surface area contributed by atoms with Crippen LogP contribution in [-0.4, -0.2) is 13.0 Å². The van der Waals surface area contributed by atoms with E-state index in [1.54, 1.807) is 12.1 Å². The molecule has 0 aromatic heterocycles. The fourth-order valence-corrected chi connectivity index (χ4v) is 1.24. The van der Waals surface area contributed by atoms with Gasteiger partial charge >= 0.3 is 51.4 Å². The fraction of sp³-hybridized carbons (Fsp3) is 0.111. The van der Waals surface area contributed by atoms with Crippen molar-refractivity contribution in [2.24, 2.45) is 0 Å². The summed E-state index contributed by atoms with van der Waals surface area (Å²) in [4.78, 5) is 0. The van der Waals surface area contributed by atoms with Gasteiger partial charge in [-0.15, -0.1) is 0 Å². The van der Waals surface area contributed by atoms with Crippen LogP contribution in [0.15, 0.2) is 29.7 Å². The quantitative estimate of drug-likeness (QED) is 0.464. The minimum atomic E-state index is -4.27. The standard InChI is InChI=1S/C9H10O3S.K/c1-8-4-2-3-5-9(8)6-7-13(10,11)12;/h2-7H,1H3,(H,10,11,12);/q;+1/p-1/b7-6+;. The van der Waals surface area contributed by atoms with Crippen LogP contribution < -0.4 is 51.4 Å². The minimum Gasteiger partial charge on any atom is -0.744 e. The summed E-state index contributed by atoms with van der Waals surface area (Å²) < 4.78 is 30.8. The third kappa shape index (κ3) is 5.40. The Hall–Kier alpha value is 0.506.